The molecular weight excluding hydrogens is 366 g/mol. The number of likely N-dealkylation sites (N-methyl/N-ethyl adjacent to an activating group) is 1. The van der Waals surface area contributed by atoms with Crippen LogP contribution in [0.25, 0.3) is 22.3 Å². The molecule has 0 unspecified atom stereocenters. The molecule has 0 aliphatic heterocycles. The number of hydrogen-bond acceptors (Lipinski definition) is 4. The van der Waals surface area contributed by atoms with E-state index in [1.165, 1.54) is 0 Å². The molecule has 29 heavy (non-hydrogen) atoms. The van der Waals surface area contributed by atoms with Crippen LogP contribution in [0, 0.1) is 0 Å². The molecule has 3 aromatic rings. The van der Waals surface area contributed by atoms with Gasteiger partial charge in [0.15, 0.2) is 0 Å². The van der Waals surface area contributed by atoms with Gasteiger partial charge in [-0.05, 0) is 36.4 Å². The first kappa shape index (κ1) is 20.4. The summed E-state index contributed by atoms with van der Waals surface area (Å²) in [6.07, 6.45) is 0. The Hall–Kier alpha value is -3.31. The fourth-order valence-corrected chi connectivity index (χ4v) is 3.17. The maximum atomic E-state index is 10.8. The average molecular weight is 391 g/mol. The van der Waals surface area contributed by atoms with Gasteiger partial charge in [0, 0.05) is 17.7 Å². The summed E-state index contributed by atoms with van der Waals surface area (Å²) in [5, 5.41) is 8.89. The molecule has 3 rings (SSSR count). The second-order valence-electron chi connectivity index (χ2n) is 6.76. The number of hydrogen-bond donors (Lipinski definition) is 1. The molecule has 0 amide bonds. The summed E-state index contributed by atoms with van der Waals surface area (Å²) in [5.41, 5.74) is 4.09. The van der Waals surface area contributed by atoms with E-state index in [9.17, 15) is 4.79 Å². The third-order valence-electron chi connectivity index (χ3n) is 4.62. The summed E-state index contributed by atoms with van der Waals surface area (Å²) < 4.78 is 11.6. The van der Waals surface area contributed by atoms with E-state index in [0.717, 1.165) is 33.8 Å². The number of carbonyl (C=O) groups is 1. The molecule has 0 aliphatic carbocycles. The Bertz CT molecular complexity index is 956. The summed E-state index contributed by atoms with van der Waals surface area (Å²) in [5.74, 6) is 0.651. The molecule has 0 radical (unpaired) electrons. The van der Waals surface area contributed by atoms with Gasteiger partial charge in [0.05, 0.1) is 13.7 Å². The van der Waals surface area contributed by atoms with Gasteiger partial charge in [0.25, 0.3) is 0 Å². The van der Waals surface area contributed by atoms with Gasteiger partial charge in [-0.15, -0.1) is 0 Å². The van der Waals surface area contributed by atoms with E-state index in [4.69, 9.17) is 14.6 Å². The van der Waals surface area contributed by atoms with Crippen molar-refractivity contribution in [1.82, 2.24) is 4.90 Å². The molecule has 3 aromatic carbocycles. The fraction of sp³-hybridized carbons (Fsp3) is 0.208. The van der Waals surface area contributed by atoms with Crippen LogP contribution in [0.1, 0.15) is 0 Å². The van der Waals surface area contributed by atoms with E-state index < -0.39 is 5.97 Å². The van der Waals surface area contributed by atoms with Crippen LogP contribution in [-0.4, -0.2) is 49.8 Å². The highest BCUT2D eigenvalue weighted by atomic mass is 16.5. The smallest absolute Gasteiger partial charge is 0.317 e. The van der Waals surface area contributed by atoms with Crippen LogP contribution in [0.2, 0.25) is 0 Å². The van der Waals surface area contributed by atoms with Gasteiger partial charge in [0.1, 0.15) is 18.1 Å². The molecule has 0 bridgehead atoms. The number of aliphatic carboxylic acids is 1. The van der Waals surface area contributed by atoms with Gasteiger partial charge in [-0.3, -0.25) is 9.69 Å². The monoisotopic (exact) mass is 391 g/mol. The van der Waals surface area contributed by atoms with Crippen molar-refractivity contribution in [3.63, 3.8) is 0 Å². The van der Waals surface area contributed by atoms with Crippen molar-refractivity contribution in [2.75, 3.05) is 33.9 Å². The van der Waals surface area contributed by atoms with Crippen LogP contribution >= 0.6 is 0 Å². The molecule has 150 valence electrons. The lowest BCUT2D eigenvalue weighted by Crippen LogP contribution is -2.29. The topological polar surface area (TPSA) is 59.0 Å². The lowest BCUT2D eigenvalue weighted by atomic mass is 9.97. The Morgan fingerprint density at radius 3 is 2.34 bits per heavy atom. The maximum Gasteiger partial charge on any atom is 0.317 e. The highest BCUT2D eigenvalue weighted by Crippen LogP contribution is 2.39. The highest BCUT2D eigenvalue weighted by Gasteiger charge is 2.13. The number of para-hydroxylation sites is 1. The first-order chi connectivity index (χ1) is 14.1. The van der Waals surface area contributed by atoms with Crippen molar-refractivity contribution in [3.05, 3.63) is 72.8 Å². The third-order valence-corrected chi connectivity index (χ3v) is 4.62. The first-order valence-corrected chi connectivity index (χ1v) is 9.44. The number of carboxylic acids is 1. The zero-order valence-corrected chi connectivity index (χ0v) is 16.7. The molecule has 0 saturated carbocycles. The first-order valence-electron chi connectivity index (χ1n) is 9.44. The number of rotatable bonds is 9. The van der Waals surface area contributed by atoms with Gasteiger partial charge < -0.3 is 14.6 Å². The Morgan fingerprint density at radius 2 is 1.62 bits per heavy atom. The Kier molecular flexibility index (Phi) is 6.87. The van der Waals surface area contributed by atoms with Crippen LogP contribution in [0.4, 0.5) is 0 Å². The normalized spacial score (nSPS) is 10.7. The van der Waals surface area contributed by atoms with E-state index >= 15 is 0 Å². The average Bonchev–Trinajstić information content (AvgIpc) is 2.74. The number of carboxylic acid groups (broad SMARTS) is 1. The third kappa shape index (κ3) is 5.36. The molecule has 0 fully saturated rings. The minimum absolute atomic E-state index is 0.0182. The maximum absolute atomic E-state index is 10.8. The van der Waals surface area contributed by atoms with Gasteiger partial charge >= 0.3 is 5.97 Å². The molecule has 0 saturated heterocycles. The van der Waals surface area contributed by atoms with Crippen molar-refractivity contribution in [1.29, 1.82) is 0 Å². The lowest BCUT2D eigenvalue weighted by Gasteiger charge is -2.18. The second kappa shape index (κ2) is 9.75. The van der Waals surface area contributed by atoms with Crippen molar-refractivity contribution in [2.24, 2.45) is 0 Å². The zero-order valence-electron chi connectivity index (χ0n) is 16.7. The molecule has 0 aliphatic rings. The number of methoxy groups -OCH3 is 1. The quantitative estimate of drug-likeness (QED) is 0.585. The van der Waals surface area contributed by atoms with Crippen molar-refractivity contribution in [2.45, 2.75) is 0 Å². The van der Waals surface area contributed by atoms with Gasteiger partial charge in [-0.25, -0.2) is 0 Å². The second-order valence-corrected chi connectivity index (χ2v) is 6.76. The zero-order chi connectivity index (χ0) is 20.6. The SMILES string of the molecule is COc1ccccc1-c1cc(-c2ccccc2)ccc1OCCN(C)CC(=O)O. The summed E-state index contributed by atoms with van der Waals surface area (Å²) >= 11 is 0. The largest absolute Gasteiger partial charge is 0.496 e. The molecule has 0 aromatic heterocycles. The minimum Gasteiger partial charge on any atom is -0.496 e. The standard InChI is InChI=1S/C24H25NO4/c1-25(17-24(26)27)14-15-29-23-13-12-19(18-8-4-3-5-9-18)16-21(23)20-10-6-7-11-22(20)28-2/h3-13,16H,14-15,17H2,1-2H3,(H,26,27). The summed E-state index contributed by atoms with van der Waals surface area (Å²) in [6.45, 7) is 0.879. The van der Waals surface area contributed by atoms with Crippen LogP contribution in [0.5, 0.6) is 11.5 Å². The fourth-order valence-electron chi connectivity index (χ4n) is 3.17. The molecule has 1 N–H and O–H groups in total. The molecule has 0 atom stereocenters. The number of ether oxygens (including phenoxy) is 2. The summed E-state index contributed by atoms with van der Waals surface area (Å²) in [7, 11) is 3.42. The van der Waals surface area contributed by atoms with E-state index in [1.807, 2.05) is 54.6 Å². The summed E-state index contributed by atoms with van der Waals surface area (Å²) in [4.78, 5) is 12.5. The van der Waals surface area contributed by atoms with E-state index in [2.05, 4.69) is 18.2 Å². The molecule has 5 nitrogen and oxygen atoms in total. The van der Waals surface area contributed by atoms with Gasteiger partial charge in [-0.2, -0.15) is 0 Å². The molecule has 0 spiro atoms. The molecular formula is C24H25NO4. The van der Waals surface area contributed by atoms with Crippen molar-refractivity contribution >= 4 is 5.97 Å². The Morgan fingerprint density at radius 1 is 0.897 bits per heavy atom. The van der Waals surface area contributed by atoms with Crippen LogP contribution < -0.4 is 9.47 Å². The van der Waals surface area contributed by atoms with Crippen molar-refractivity contribution in [3.8, 4) is 33.8 Å². The van der Waals surface area contributed by atoms with Gasteiger partial charge in [0.2, 0.25) is 0 Å². The van der Waals surface area contributed by atoms with E-state index in [-0.39, 0.29) is 6.54 Å². The highest BCUT2D eigenvalue weighted by molar-refractivity contribution is 5.81. The Labute approximate surface area is 171 Å². The van der Waals surface area contributed by atoms with E-state index in [0.29, 0.717) is 13.2 Å². The van der Waals surface area contributed by atoms with Gasteiger partial charge in [-0.1, -0.05) is 54.6 Å². The predicted octanol–water partition coefficient (Wildman–Crippen LogP) is 4.42. The Balaban J connectivity index is 1.92. The number of benzene rings is 3. The van der Waals surface area contributed by atoms with Crippen LogP contribution in [-0.2, 0) is 4.79 Å². The lowest BCUT2D eigenvalue weighted by molar-refractivity contribution is -0.138. The predicted molar refractivity (Wildman–Crippen MR) is 114 cm³/mol. The van der Waals surface area contributed by atoms with Crippen LogP contribution in [0.15, 0.2) is 72.8 Å². The van der Waals surface area contributed by atoms with Crippen LogP contribution in [0.3, 0.4) is 0 Å². The number of nitrogens with zero attached hydrogens (tertiary/aromatic N) is 1. The van der Waals surface area contributed by atoms with E-state index in [1.54, 1.807) is 19.1 Å². The molecule has 5 heteroatoms. The summed E-state index contributed by atoms with van der Waals surface area (Å²) in [6, 6.07) is 24.1. The van der Waals surface area contributed by atoms with Crippen molar-refractivity contribution < 1.29 is 19.4 Å². The minimum atomic E-state index is -0.852. The molecule has 0 heterocycles.